The van der Waals surface area contributed by atoms with E-state index in [4.69, 9.17) is 9.47 Å². The minimum absolute atomic E-state index is 0.0490. The van der Waals surface area contributed by atoms with Crippen LogP contribution < -0.4 is 14.9 Å². The van der Waals surface area contributed by atoms with Crippen molar-refractivity contribution >= 4 is 26.8 Å². The standard InChI is InChI=1S/C23H23N3O6S/c27-22-17-4-1-2-5-19(17)24-15-18(22)23(28)25-8-10-26(11-9-25)33(29,30)16-6-7-20-21(14-16)32-13-3-12-31-20/h1-2,4-7,14-15H,3,8-13H2,(H,24,27). The van der Waals surface area contributed by atoms with Gasteiger partial charge in [0, 0.05) is 55.8 Å². The highest BCUT2D eigenvalue weighted by Crippen LogP contribution is 2.33. The van der Waals surface area contributed by atoms with E-state index in [0.29, 0.717) is 35.6 Å². The molecule has 0 radical (unpaired) electrons. The molecule has 0 bridgehead atoms. The lowest BCUT2D eigenvalue weighted by Gasteiger charge is -2.34. The van der Waals surface area contributed by atoms with Gasteiger partial charge in [-0.25, -0.2) is 8.42 Å². The monoisotopic (exact) mass is 469 g/mol. The van der Waals surface area contributed by atoms with Crippen LogP contribution in [-0.4, -0.2) is 67.9 Å². The third-order valence-electron chi connectivity index (χ3n) is 5.90. The number of nitrogens with zero attached hydrogens (tertiary/aromatic N) is 2. The summed E-state index contributed by atoms with van der Waals surface area (Å²) in [6.07, 6.45) is 2.15. The number of pyridine rings is 1. The van der Waals surface area contributed by atoms with Crippen molar-refractivity contribution in [2.24, 2.45) is 0 Å². The smallest absolute Gasteiger partial charge is 0.259 e. The minimum Gasteiger partial charge on any atom is -0.490 e. The summed E-state index contributed by atoms with van der Waals surface area (Å²) < 4.78 is 38.9. The number of hydrogen-bond acceptors (Lipinski definition) is 6. The Balaban J connectivity index is 1.32. The number of ether oxygens (including phenoxy) is 2. The summed E-state index contributed by atoms with van der Waals surface area (Å²) in [5.74, 6) is 0.537. The van der Waals surface area contributed by atoms with Gasteiger partial charge >= 0.3 is 0 Å². The number of fused-ring (bicyclic) bond motifs is 2. The quantitative estimate of drug-likeness (QED) is 0.627. The van der Waals surface area contributed by atoms with Crippen LogP contribution in [0, 0.1) is 0 Å². The maximum atomic E-state index is 13.2. The molecule has 10 heteroatoms. The van der Waals surface area contributed by atoms with Crippen molar-refractivity contribution < 1.29 is 22.7 Å². The maximum absolute atomic E-state index is 13.2. The number of H-pyrrole nitrogens is 1. The molecule has 172 valence electrons. The van der Waals surface area contributed by atoms with Crippen molar-refractivity contribution in [2.75, 3.05) is 39.4 Å². The predicted molar refractivity (Wildman–Crippen MR) is 121 cm³/mol. The van der Waals surface area contributed by atoms with Crippen molar-refractivity contribution in [3.63, 3.8) is 0 Å². The molecule has 3 aromatic rings. The number of para-hydroxylation sites is 1. The first-order valence-electron chi connectivity index (χ1n) is 10.7. The zero-order chi connectivity index (χ0) is 23.0. The van der Waals surface area contributed by atoms with Gasteiger partial charge in [-0.05, 0) is 24.3 Å². The normalized spacial score (nSPS) is 17.0. The lowest BCUT2D eigenvalue weighted by atomic mass is 10.1. The van der Waals surface area contributed by atoms with E-state index in [9.17, 15) is 18.0 Å². The molecule has 2 aromatic carbocycles. The summed E-state index contributed by atoms with van der Waals surface area (Å²) in [4.78, 5) is 30.4. The van der Waals surface area contributed by atoms with E-state index in [0.717, 1.165) is 6.42 Å². The molecule has 5 rings (SSSR count). The Labute approximate surface area is 190 Å². The number of aromatic nitrogens is 1. The molecular weight excluding hydrogens is 446 g/mol. The fourth-order valence-electron chi connectivity index (χ4n) is 4.08. The molecule has 1 aromatic heterocycles. The third kappa shape index (κ3) is 3.96. The maximum Gasteiger partial charge on any atom is 0.259 e. The SMILES string of the molecule is O=C(c1c[nH]c2ccccc2c1=O)N1CCN(S(=O)(=O)c2ccc3c(c2)OCCCO3)CC1. The van der Waals surface area contributed by atoms with E-state index in [-0.39, 0.29) is 42.1 Å². The molecule has 0 unspecified atom stereocenters. The summed E-state index contributed by atoms with van der Waals surface area (Å²) in [6, 6.07) is 11.6. The van der Waals surface area contributed by atoms with Gasteiger partial charge in [-0.2, -0.15) is 4.31 Å². The first-order valence-corrected chi connectivity index (χ1v) is 12.2. The van der Waals surface area contributed by atoms with Gasteiger partial charge in [0.25, 0.3) is 5.91 Å². The summed E-state index contributed by atoms with van der Waals surface area (Å²) in [5.41, 5.74) is 0.370. The number of hydrogen-bond donors (Lipinski definition) is 1. The summed E-state index contributed by atoms with van der Waals surface area (Å²) in [7, 11) is -3.77. The largest absolute Gasteiger partial charge is 0.490 e. The Bertz CT molecular complexity index is 1380. The second-order valence-electron chi connectivity index (χ2n) is 7.93. The van der Waals surface area contributed by atoms with E-state index >= 15 is 0 Å². The number of amides is 1. The fraction of sp³-hybridized carbons (Fsp3) is 0.304. The zero-order valence-corrected chi connectivity index (χ0v) is 18.6. The van der Waals surface area contributed by atoms with E-state index in [1.807, 2.05) is 6.07 Å². The molecule has 0 saturated carbocycles. The third-order valence-corrected chi connectivity index (χ3v) is 7.80. The van der Waals surface area contributed by atoms with Gasteiger partial charge in [0.1, 0.15) is 5.56 Å². The molecule has 1 fully saturated rings. The van der Waals surface area contributed by atoms with E-state index in [1.54, 1.807) is 24.3 Å². The Morgan fingerprint density at radius 3 is 2.45 bits per heavy atom. The van der Waals surface area contributed by atoms with E-state index in [2.05, 4.69) is 4.98 Å². The van der Waals surface area contributed by atoms with Crippen molar-refractivity contribution in [1.82, 2.24) is 14.2 Å². The van der Waals surface area contributed by atoms with Crippen molar-refractivity contribution in [2.45, 2.75) is 11.3 Å². The first kappa shape index (κ1) is 21.5. The summed E-state index contributed by atoms with van der Waals surface area (Å²) in [6.45, 7) is 1.63. The Morgan fingerprint density at radius 1 is 0.939 bits per heavy atom. The van der Waals surface area contributed by atoms with Crippen LogP contribution in [-0.2, 0) is 10.0 Å². The van der Waals surface area contributed by atoms with Crippen LogP contribution in [0.5, 0.6) is 11.5 Å². The molecule has 3 heterocycles. The summed E-state index contributed by atoms with van der Waals surface area (Å²) in [5, 5.41) is 0.443. The van der Waals surface area contributed by atoms with Crippen molar-refractivity contribution in [1.29, 1.82) is 0 Å². The highest BCUT2D eigenvalue weighted by Gasteiger charge is 2.32. The molecule has 0 spiro atoms. The molecule has 9 nitrogen and oxygen atoms in total. The number of piperazine rings is 1. The number of aromatic amines is 1. The number of nitrogens with one attached hydrogen (secondary N) is 1. The van der Waals surface area contributed by atoms with Gasteiger partial charge in [0.15, 0.2) is 11.5 Å². The molecular formula is C23H23N3O6S. The lowest BCUT2D eigenvalue weighted by molar-refractivity contribution is 0.0696. The van der Waals surface area contributed by atoms with Gasteiger partial charge in [-0.1, -0.05) is 12.1 Å². The van der Waals surface area contributed by atoms with Gasteiger partial charge in [-0.3, -0.25) is 9.59 Å². The van der Waals surface area contributed by atoms with E-state index in [1.165, 1.54) is 27.5 Å². The number of rotatable bonds is 3. The fourth-order valence-corrected chi connectivity index (χ4v) is 5.52. The lowest BCUT2D eigenvalue weighted by Crippen LogP contribution is -2.51. The molecule has 0 aliphatic carbocycles. The Hall–Kier alpha value is -3.37. The zero-order valence-electron chi connectivity index (χ0n) is 17.8. The average Bonchev–Trinajstić information content (AvgIpc) is 3.09. The highest BCUT2D eigenvalue weighted by molar-refractivity contribution is 7.89. The second kappa shape index (κ2) is 8.53. The molecule has 33 heavy (non-hydrogen) atoms. The Morgan fingerprint density at radius 2 is 1.67 bits per heavy atom. The van der Waals surface area contributed by atoms with Crippen LogP contribution >= 0.6 is 0 Å². The molecule has 1 N–H and O–H groups in total. The molecule has 1 amide bonds. The Kier molecular flexibility index (Phi) is 5.55. The number of sulfonamides is 1. The van der Waals surface area contributed by atoms with Crippen LogP contribution in [0.25, 0.3) is 10.9 Å². The first-order chi connectivity index (χ1) is 15.9. The topological polar surface area (TPSA) is 109 Å². The molecule has 2 aliphatic heterocycles. The highest BCUT2D eigenvalue weighted by atomic mass is 32.2. The van der Waals surface area contributed by atoms with Crippen LogP contribution in [0.4, 0.5) is 0 Å². The second-order valence-corrected chi connectivity index (χ2v) is 9.87. The molecule has 1 saturated heterocycles. The van der Waals surface area contributed by atoms with Crippen molar-refractivity contribution in [3.05, 3.63) is 64.4 Å². The summed E-state index contributed by atoms with van der Waals surface area (Å²) >= 11 is 0. The van der Waals surface area contributed by atoms with Crippen LogP contribution in [0.15, 0.2) is 58.4 Å². The van der Waals surface area contributed by atoms with Gasteiger partial charge in [0.2, 0.25) is 15.5 Å². The molecule has 2 aliphatic rings. The number of carbonyl (C=O) groups excluding carboxylic acids is 1. The average molecular weight is 470 g/mol. The van der Waals surface area contributed by atoms with Crippen molar-refractivity contribution in [3.8, 4) is 11.5 Å². The van der Waals surface area contributed by atoms with Gasteiger partial charge in [-0.15, -0.1) is 0 Å². The van der Waals surface area contributed by atoms with Crippen LogP contribution in [0.1, 0.15) is 16.8 Å². The predicted octanol–water partition coefficient (Wildman–Crippen LogP) is 1.84. The number of benzene rings is 2. The van der Waals surface area contributed by atoms with Gasteiger partial charge < -0.3 is 19.4 Å². The van der Waals surface area contributed by atoms with Crippen LogP contribution in [0.2, 0.25) is 0 Å². The van der Waals surface area contributed by atoms with Gasteiger partial charge in [0.05, 0.1) is 18.1 Å². The molecule has 0 atom stereocenters. The van der Waals surface area contributed by atoms with Crippen LogP contribution in [0.3, 0.4) is 0 Å². The van der Waals surface area contributed by atoms with E-state index < -0.39 is 15.9 Å². The minimum atomic E-state index is -3.77. The number of carbonyl (C=O) groups is 1.